The Bertz CT molecular complexity index is 786. The number of benzene rings is 2. The van der Waals surface area contributed by atoms with Gasteiger partial charge in [-0.05, 0) is 12.1 Å². The summed E-state index contributed by atoms with van der Waals surface area (Å²) in [6, 6.07) is 14.0. The molecule has 130 valence electrons. The van der Waals surface area contributed by atoms with Crippen molar-refractivity contribution in [3.8, 4) is 0 Å². The molecule has 0 amide bonds. The van der Waals surface area contributed by atoms with Crippen LogP contribution in [0, 0.1) is 0 Å². The van der Waals surface area contributed by atoms with E-state index in [9.17, 15) is 9.59 Å². The first kappa shape index (κ1) is 19.0. The SMILES string of the molecule is C=C(CC(=O)OCc1ccccc1Cl)C(=O)OCc1ccccc1Cl. The lowest BCUT2D eigenvalue weighted by Crippen LogP contribution is -2.13. The average Bonchev–Trinajstić information content (AvgIpc) is 2.60. The molecule has 0 unspecified atom stereocenters. The van der Waals surface area contributed by atoms with Gasteiger partial charge < -0.3 is 9.47 Å². The molecule has 0 aliphatic carbocycles. The van der Waals surface area contributed by atoms with Crippen molar-refractivity contribution in [2.75, 3.05) is 0 Å². The minimum atomic E-state index is -0.672. The molecule has 0 fully saturated rings. The largest absolute Gasteiger partial charge is 0.460 e. The van der Waals surface area contributed by atoms with Crippen LogP contribution in [0.4, 0.5) is 0 Å². The Balaban J connectivity index is 1.78. The van der Waals surface area contributed by atoms with E-state index >= 15 is 0 Å². The van der Waals surface area contributed by atoms with Gasteiger partial charge in [-0.3, -0.25) is 4.79 Å². The molecule has 0 aliphatic heterocycles. The van der Waals surface area contributed by atoms with E-state index in [1.807, 2.05) is 0 Å². The summed E-state index contributed by atoms with van der Waals surface area (Å²) in [5.41, 5.74) is 1.37. The number of halogens is 2. The van der Waals surface area contributed by atoms with E-state index in [4.69, 9.17) is 32.7 Å². The van der Waals surface area contributed by atoms with Gasteiger partial charge in [-0.15, -0.1) is 0 Å². The molecule has 25 heavy (non-hydrogen) atoms. The first-order chi connectivity index (χ1) is 12.0. The minimum Gasteiger partial charge on any atom is -0.460 e. The van der Waals surface area contributed by atoms with Gasteiger partial charge in [0.05, 0.1) is 6.42 Å². The monoisotopic (exact) mass is 378 g/mol. The van der Waals surface area contributed by atoms with Crippen molar-refractivity contribution in [1.82, 2.24) is 0 Å². The second-order valence-corrected chi connectivity index (χ2v) is 6.01. The quantitative estimate of drug-likeness (QED) is 0.516. The number of hydrogen-bond acceptors (Lipinski definition) is 4. The van der Waals surface area contributed by atoms with Gasteiger partial charge in [0.25, 0.3) is 0 Å². The van der Waals surface area contributed by atoms with Gasteiger partial charge in [0, 0.05) is 26.7 Å². The number of esters is 2. The Labute approximate surface area is 156 Å². The molecule has 0 radical (unpaired) electrons. The highest BCUT2D eigenvalue weighted by Gasteiger charge is 2.15. The number of rotatable bonds is 7. The van der Waals surface area contributed by atoms with Crippen LogP contribution in [0.2, 0.25) is 10.0 Å². The van der Waals surface area contributed by atoms with Crippen LogP contribution in [0.25, 0.3) is 0 Å². The van der Waals surface area contributed by atoms with E-state index in [1.54, 1.807) is 48.5 Å². The molecule has 0 aliphatic rings. The summed E-state index contributed by atoms with van der Waals surface area (Å²) < 4.78 is 10.2. The summed E-state index contributed by atoms with van der Waals surface area (Å²) in [5, 5.41) is 1.01. The van der Waals surface area contributed by atoms with Gasteiger partial charge in [-0.1, -0.05) is 66.2 Å². The fraction of sp³-hybridized carbons (Fsp3) is 0.158. The predicted octanol–water partition coefficient (Wildman–Crippen LogP) is 4.73. The summed E-state index contributed by atoms with van der Waals surface area (Å²) in [5.74, 6) is -1.26. The van der Waals surface area contributed by atoms with Crippen molar-refractivity contribution in [3.05, 3.63) is 81.9 Å². The van der Waals surface area contributed by atoms with E-state index in [-0.39, 0.29) is 25.2 Å². The van der Waals surface area contributed by atoms with Crippen LogP contribution in [0.5, 0.6) is 0 Å². The summed E-state index contributed by atoms with van der Waals surface area (Å²) in [7, 11) is 0. The van der Waals surface area contributed by atoms with Gasteiger partial charge in [0.2, 0.25) is 0 Å². The smallest absolute Gasteiger partial charge is 0.334 e. The summed E-state index contributed by atoms with van der Waals surface area (Å²) in [6.07, 6.45) is -0.258. The van der Waals surface area contributed by atoms with Gasteiger partial charge in [0.1, 0.15) is 13.2 Å². The lowest BCUT2D eigenvalue weighted by atomic mass is 10.2. The Hall–Kier alpha value is -2.30. The van der Waals surface area contributed by atoms with Gasteiger partial charge >= 0.3 is 11.9 Å². The molecule has 4 nitrogen and oxygen atoms in total. The molecular weight excluding hydrogens is 363 g/mol. The number of carbonyl (C=O) groups excluding carboxylic acids is 2. The fourth-order valence-corrected chi connectivity index (χ4v) is 2.31. The van der Waals surface area contributed by atoms with E-state index in [0.717, 1.165) is 0 Å². The molecule has 6 heteroatoms. The molecule has 0 atom stereocenters. The van der Waals surface area contributed by atoms with E-state index in [0.29, 0.717) is 21.2 Å². The second kappa shape index (κ2) is 9.25. The zero-order chi connectivity index (χ0) is 18.2. The van der Waals surface area contributed by atoms with Crippen molar-refractivity contribution in [1.29, 1.82) is 0 Å². The molecule has 0 spiro atoms. The molecule has 0 aromatic heterocycles. The van der Waals surface area contributed by atoms with Crippen molar-refractivity contribution < 1.29 is 19.1 Å². The third-order valence-corrected chi connectivity index (χ3v) is 4.05. The maximum Gasteiger partial charge on any atom is 0.334 e. The lowest BCUT2D eigenvalue weighted by molar-refractivity contribution is -0.147. The number of carbonyl (C=O) groups is 2. The third kappa shape index (κ3) is 5.93. The zero-order valence-corrected chi connectivity index (χ0v) is 14.8. The first-order valence-corrected chi connectivity index (χ1v) is 8.20. The van der Waals surface area contributed by atoms with Crippen LogP contribution in [-0.4, -0.2) is 11.9 Å². The van der Waals surface area contributed by atoms with E-state index in [2.05, 4.69) is 6.58 Å². The first-order valence-electron chi connectivity index (χ1n) is 7.44. The van der Waals surface area contributed by atoms with E-state index < -0.39 is 11.9 Å². The summed E-state index contributed by atoms with van der Waals surface area (Å²) in [6.45, 7) is 3.60. The molecule has 2 rings (SSSR count). The van der Waals surface area contributed by atoms with Crippen LogP contribution in [0.15, 0.2) is 60.7 Å². The van der Waals surface area contributed by atoms with E-state index in [1.165, 1.54) is 0 Å². The van der Waals surface area contributed by atoms with Gasteiger partial charge in [-0.2, -0.15) is 0 Å². The normalized spacial score (nSPS) is 10.2. The predicted molar refractivity (Wildman–Crippen MR) is 96.3 cm³/mol. The van der Waals surface area contributed by atoms with Crippen molar-refractivity contribution in [2.24, 2.45) is 0 Å². The maximum atomic E-state index is 11.9. The van der Waals surface area contributed by atoms with Crippen LogP contribution in [0.3, 0.4) is 0 Å². The summed E-state index contributed by atoms with van der Waals surface area (Å²) in [4.78, 5) is 23.7. The van der Waals surface area contributed by atoms with Crippen LogP contribution in [0.1, 0.15) is 17.5 Å². The number of ether oxygens (including phenoxy) is 2. The van der Waals surface area contributed by atoms with Crippen LogP contribution >= 0.6 is 23.2 Å². The molecule has 2 aromatic carbocycles. The Morgan fingerprint density at radius 3 is 1.84 bits per heavy atom. The molecule has 0 saturated carbocycles. The topological polar surface area (TPSA) is 52.6 Å². The Kier molecular flexibility index (Phi) is 7.04. The van der Waals surface area contributed by atoms with Crippen LogP contribution in [-0.2, 0) is 32.3 Å². The fourth-order valence-electron chi connectivity index (χ4n) is 1.93. The highest BCUT2D eigenvalue weighted by Crippen LogP contribution is 2.18. The standard InChI is InChI=1S/C19H16Cl2O4/c1-13(19(23)25-12-15-7-3-5-9-17(15)21)10-18(22)24-11-14-6-2-4-8-16(14)20/h2-9H,1,10-12H2. The number of hydrogen-bond donors (Lipinski definition) is 0. The third-order valence-electron chi connectivity index (χ3n) is 3.31. The van der Waals surface area contributed by atoms with Crippen molar-refractivity contribution >= 4 is 35.1 Å². The maximum absolute atomic E-state index is 11.9. The zero-order valence-electron chi connectivity index (χ0n) is 13.3. The average molecular weight is 379 g/mol. The Morgan fingerprint density at radius 1 is 0.840 bits per heavy atom. The second-order valence-electron chi connectivity index (χ2n) is 5.20. The van der Waals surface area contributed by atoms with Crippen LogP contribution < -0.4 is 0 Å². The molecular formula is C19H16Cl2O4. The molecule has 0 saturated heterocycles. The molecule has 0 heterocycles. The Morgan fingerprint density at radius 2 is 1.32 bits per heavy atom. The highest BCUT2D eigenvalue weighted by molar-refractivity contribution is 6.31. The lowest BCUT2D eigenvalue weighted by Gasteiger charge is -2.09. The van der Waals surface area contributed by atoms with Crippen molar-refractivity contribution in [2.45, 2.75) is 19.6 Å². The van der Waals surface area contributed by atoms with Gasteiger partial charge in [0.15, 0.2) is 0 Å². The summed E-state index contributed by atoms with van der Waals surface area (Å²) >= 11 is 12.0. The molecule has 0 bridgehead atoms. The van der Waals surface area contributed by atoms with Gasteiger partial charge in [-0.25, -0.2) is 4.79 Å². The minimum absolute atomic E-state index is 0.00615. The molecule has 0 N–H and O–H groups in total. The molecule has 2 aromatic rings. The highest BCUT2D eigenvalue weighted by atomic mass is 35.5. The van der Waals surface area contributed by atoms with Crippen molar-refractivity contribution in [3.63, 3.8) is 0 Å².